The fraction of sp³-hybridized carbons (Fsp3) is 0.500. The van der Waals surface area contributed by atoms with E-state index in [1.165, 1.54) is 0 Å². The normalized spacial score (nSPS) is 10.6. The molecule has 0 radical (unpaired) electrons. The van der Waals surface area contributed by atoms with Crippen LogP contribution in [0.4, 0.5) is 11.4 Å². The fourth-order valence-electron chi connectivity index (χ4n) is 1.61. The summed E-state index contributed by atoms with van der Waals surface area (Å²) in [6.45, 7) is 3.55. The molecule has 0 heterocycles. The van der Waals surface area contributed by atoms with Crippen LogP contribution in [-0.4, -0.2) is 30.5 Å². The van der Waals surface area contributed by atoms with E-state index in [-0.39, 0.29) is 10.6 Å². The zero-order chi connectivity index (χ0) is 12.8. The van der Waals surface area contributed by atoms with E-state index in [0.29, 0.717) is 5.69 Å². The van der Waals surface area contributed by atoms with Crippen molar-refractivity contribution < 1.29 is 4.92 Å². The van der Waals surface area contributed by atoms with Gasteiger partial charge in [0, 0.05) is 19.2 Å². The number of nitro groups is 1. The summed E-state index contributed by atoms with van der Waals surface area (Å²) in [4.78, 5) is 12.6. The summed E-state index contributed by atoms with van der Waals surface area (Å²) in [6, 6.07) is 5.22. The minimum absolute atomic E-state index is 0.140. The molecule has 5 heteroatoms. The summed E-state index contributed by atoms with van der Waals surface area (Å²) in [7, 11) is 3.95. The fourth-order valence-corrected chi connectivity index (χ4v) is 1.61. The Morgan fingerprint density at radius 2 is 2.12 bits per heavy atom. The van der Waals surface area contributed by atoms with Crippen LogP contribution >= 0.6 is 0 Å². The van der Waals surface area contributed by atoms with Crippen LogP contribution in [0.1, 0.15) is 18.9 Å². The van der Waals surface area contributed by atoms with Gasteiger partial charge >= 0.3 is 0 Å². The van der Waals surface area contributed by atoms with Gasteiger partial charge in [0.1, 0.15) is 5.69 Å². The molecular weight excluding hydrogens is 218 g/mol. The molecule has 0 bridgehead atoms. The van der Waals surface area contributed by atoms with E-state index in [0.717, 1.165) is 25.1 Å². The second kappa shape index (κ2) is 6.20. The third kappa shape index (κ3) is 4.03. The largest absolute Gasteiger partial charge is 0.379 e. The maximum atomic E-state index is 10.9. The van der Waals surface area contributed by atoms with E-state index in [1.807, 2.05) is 32.0 Å². The molecule has 0 unspecified atom stereocenters. The molecule has 17 heavy (non-hydrogen) atoms. The van der Waals surface area contributed by atoms with Crippen molar-refractivity contribution in [3.63, 3.8) is 0 Å². The van der Waals surface area contributed by atoms with Gasteiger partial charge in [-0.25, -0.2) is 0 Å². The summed E-state index contributed by atoms with van der Waals surface area (Å²) < 4.78 is 0. The predicted octanol–water partition coefficient (Wildman–Crippen LogP) is 2.48. The molecule has 0 saturated heterocycles. The zero-order valence-corrected chi connectivity index (χ0v) is 10.6. The maximum absolute atomic E-state index is 10.9. The minimum atomic E-state index is -0.350. The Kier molecular flexibility index (Phi) is 4.90. The number of anilines is 1. The summed E-state index contributed by atoms with van der Waals surface area (Å²) in [5, 5.41) is 14.0. The molecular formula is C12H19N3O2. The lowest BCUT2D eigenvalue weighted by Crippen LogP contribution is -2.11. The Morgan fingerprint density at radius 3 is 2.65 bits per heavy atom. The first-order chi connectivity index (χ1) is 8.04. The number of nitrogens with zero attached hydrogens (tertiary/aromatic N) is 2. The van der Waals surface area contributed by atoms with Gasteiger partial charge in [-0.1, -0.05) is 13.0 Å². The molecule has 1 aromatic rings. The van der Waals surface area contributed by atoms with Crippen molar-refractivity contribution in [2.75, 3.05) is 26.0 Å². The molecule has 0 atom stereocenters. The summed E-state index contributed by atoms with van der Waals surface area (Å²) >= 11 is 0. The van der Waals surface area contributed by atoms with Crippen molar-refractivity contribution in [1.29, 1.82) is 0 Å². The predicted molar refractivity (Wildman–Crippen MR) is 69.3 cm³/mol. The molecule has 5 nitrogen and oxygen atoms in total. The van der Waals surface area contributed by atoms with Crippen LogP contribution in [-0.2, 0) is 6.54 Å². The number of nitrogens with one attached hydrogen (secondary N) is 1. The highest BCUT2D eigenvalue weighted by molar-refractivity contribution is 5.62. The van der Waals surface area contributed by atoms with Crippen molar-refractivity contribution in [3.8, 4) is 0 Å². The van der Waals surface area contributed by atoms with Gasteiger partial charge in [-0.2, -0.15) is 0 Å². The molecule has 0 amide bonds. The maximum Gasteiger partial charge on any atom is 0.292 e. The average molecular weight is 237 g/mol. The van der Waals surface area contributed by atoms with Crippen molar-refractivity contribution in [1.82, 2.24) is 4.90 Å². The number of hydrogen-bond donors (Lipinski definition) is 1. The SMILES string of the molecule is CCCNc1cc(CN(C)C)ccc1[N+](=O)[O-]. The lowest BCUT2D eigenvalue weighted by molar-refractivity contribution is -0.384. The molecule has 0 fully saturated rings. The monoisotopic (exact) mass is 237 g/mol. The van der Waals surface area contributed by atoms with Crippen molar-refractivity contribution in [3.05, 3.63) is 33.9 Å². The first-order valence-corrected chi connectivity index (χ1v) is 5.70. The second-order valence-corrected chi connectivity index (χ2v) is 4.27. The Hall–Kier alpha value is -1.62. The van der Waals surface area contributed by atoms with Gasteiger partial charge in [-0.05, 0) is 32.1 Å². The Balaban J connectivity index is 2.96. The quantitative estimate of drug-likeness (QED) is 0.610. The molecule has 1 N–H and O–H groups in total. The van der Waals surface area contributed by atoms with Gasteiger partial charge in [0.15, 0.2) is 0 Å². The van der Waals surface area contributed by atoms with Crippen LogP contribution in [0, 0.1) is 10.1 Å². The van der Waals surface area contributed by atoms with E-state index in [9.17, 15) is 10.1 Å². The number of hydrogen-bond acceptors (Lipinski definition) is 4. The average Bonchev–Trinajstić information content (AvgIpc) is 2.25. The van der Waals surface area contributed by atoms with Crippen LogP contribution in [0.15, 0.2) is 18.2 Å². The minimum Gasteiger partial charge on any atom is -0.379 e. The van der Waals surface area contributed by atoms with Crippen LogP contribution in [0.3, 0.4) is 0 Å². The van der Waals surface area contributed by atoms with Gasteiger partial charge in [-0.3, -0.25) is 10.1 Å². The van der Waals surface area contributed by atoms with E-state index in [1.54, 1.807) is 12.1 Å². The second-order valence-electron chi connectivity index (χ2n) is 4.27. The first kappa shape index (κ1) is 13.4. The molecule has 1 aromatic carbocycles. The van der Waals surface area contributed by atoms with Gasteiger partial charge in [0.25, 0.3) is 5.69 Å². The molecule has 1 rings (SSSR count). The highest BCUT2D eigenvalue weighted by Crippen LogP contribution is 2.25. The van der Waals surface area contributed by atoms with Crippen LogP contribution in [0.25, 0.3) is 0 Å². The number of rotatable bonds is 6. The summed E-state index contributed by atoms with van der Waals surface area (Å²) in [5.74, 6) is 0. The van der Waals surface area contributed by atoms with Crippen LogP contribution < -0.4 is 5.32 Å². The zero-order valence-electron chi connectivity index (χ0n) is 10.6. The Morgan fingerprint density at radius 1 is 1.41 bits per heavy atom. The molecule has 0 aromatic heterocycles. The van der Waals surface area contributed by atoms with Crippen molar-refractivity contribution >= 4 is 11.4 Å². The summed E-state index contributed by atoms with van der Waals surface area (Å²) in [6.07, 6.45) is 0.940. The smallest absolute Gasteiger partial charge is 0.292 e. The van der Waals surface area contributed by atoms with E-state index in [4.69, 9.17) is 0 Å². The highest BCUT2D eigenvalue weighted by atomic mass is 16.6. The molecule has 0 aliphatic heterocycles. The topological polar surface area (TPSA) is 58.4 Å². The van der Waals surface area contributed by atoms with Crippen LogP contribution in [0.2, 0.25) is 0 Å². The number of nitro benzene ring substituents is 1. The molecule has 0 spiro atoms. The first-order valence-electron chi connectivity index (χ1n) is 5.70. The third-order valence-corrected chi connectivity index (χ3v) is 2.32. The Labute approximate surface area is 102 Å². The van der Waals surface area contributed by atoms with Gasteiger partial charge < -0.3 is 10.2 Å². The Bertz CT molecular complexity index is 391. The lowest BCUT2D eigenvalue weighted by atomic mass is 10.1. The van der Waals surface area contributed by atoms with Gasteiger partial charge in [0.05, 0.1) is 4.92 Å². The van der Waals surface area contributed by atoms with E-state index < -0.39 is 0 Å². The molecule has 0 saturated carbocycles. The standard InChI is InChI=1S/C12H19N3O2/c1-4-7-13-11-8-10(9-14(2)3)5-6-12(11)15(16)17/h5-6,8,13H,4,7,9H2,1-3H3. The van der Waals surface area contributed by atoms with E-state index >= 15 is 0 Å². The number of benzene rings is 1. The molecule has 0 aliphatic rings. The molecule has 0 aliphatic carbocycles. The van der Waals surface area contributed by atoms with Gasteiger partial charge in [-0.15, -0.1) is 0 Å². The van der Waals surface area contributed by atoms with E-state index in [2.05, 4.69) is 5.32 Å². The third-order valence-electron chi connectivity index (χ3n) is 2.32. The van der Waals surface area contributed by atoms with Gasteiger partial charge in [0.2, 0.25) is 0 Å². The highest BCUT2D eigenvalue weighted by Gasteiger charge is 2.13. The van der Waals surface area contributed by atoms with Crippen molar-refractivity contribution in [2.24, 2.45) is 0 Å². The molecule has 94 valence electrons. The summed E-state index contributed by atoms with van der Waals surface area (Å²) in [5.41, 5.74) is 1.82. The lowest BCUT2D eigenvalue weighted by Gasteiger charge is -2.12. The van der Waals surface area contributed by atoms with Crippen LogP contribution in [0.5, 0.6) is 0 Å². The van der Waals surface area contributed by atoms with Crippen molar-refractivity contribution in [2.45, 2.75) is 19.9 Å².